The van der Waals surface area contributed by atoms with Gasteiger partial charge in [0, 0.05) is 6.54 Å². The van der Waals surface area contributed by atoms with Crippen molar-refractivity contribution < 1.29 is 14.3 Å². The van der Waals surface area contributed by atoms with Gasteiger partial charge in [0.25, 0.3) is 5.91 Å². The van der Waals surface area contributed by atoms with E-state index in [0.29, 0.717) is 24.6 Å². The number of carbonyl (C=O) groups excluding carboxylic acids is 1. The van der Waals surface area contributed by atoms with Crippen molar-refractivity contribution in [3.8, 4) is 11.5 Å². The summed E-state index contributed by atoms with van der Waals surface area (Å²) in [5, 5.41) is 2.89. The molecule has 4 nitrogen and oxygen atoms in total. The van der Waals surface area contributed by atoms with Crippen molar-refractivity contribution in [2.45, 2.75) is 33.3 Å². The topological polar surface area (TPSA) is 47.6 Å². The Morgan fingerprint density at radius 2 is 1.79 bits per heavy atom. The summed E-state index contributed by atoms with van der Waals surface area (Å²) in [5.74, 6) is 1.81. The minimum atomic E-state index is -0.452. The summed E-state index contributed by atoms with van der Waals surface area (Å²) in [4.78, 5) is 11.9. The highest BCUT2D eigenvalue weighted by Crippen LogP contribution is 2.18. The lowest BCUT2D eigenvalue weighted by Gasteiger charge is -2.18. The monoisotopic (exact) mass is 265 g/mol. The Kier molecular flexibility index (Phi) is 6.19. The molecule has 1 amide bonds. The highest BCUT2D eigenvalue weighted by atomic mass is 16.5. The number of nitrogens with one attached hydrogen (secondary N) is 1. The number of hydrogen-bond donors (Lipinski definition) is 1. The van der Waals surface area contributed by atoms with Crippen molar-refractivity contribution >= 4 is 5.91 Å². The van der Waals surface area contributed by atoms with Crippen molar-refractivity contribution in [1.29, 1.82) is 0 Å². The molecule has 0 fully saturated rings. The van der Waals surface area contributed by atoms with Crippen LogP contribution in [0.25, 0.3) is 0 Å². The molecular formula is C15H23NO3. The van der Waals surface area contributed by atoms with E-state index in [1.54, 1.807) is 19.2 Å². The second-order valence-corrected chi connectivity index (χ2v) is 4.83. The molecule has 4 heteroatoms. The van der Waals surface area contributed by atoms with Crippen molar-refractivity contribution in [3.05, 3.63) is 24.3 Å². The molecule has 106 valence electrons. The van der Waals surface area contributed by atoms with E-state index in [-0.39, 0.29) is 5.91 Å². The first-order chi connectivity index (χ1) is 9.06. The largest absolute Gasteiger partial charge is 0.497 e. The summed E-state index contributed by atoms with van der Waals surface area (Å²) < 4.78 is 10.8. The van der Waals surface area contributed by atoms with Crippen LogP contribution in [-0.4, -0.2) is 25.7 Å². The van der Waals surface area contributed by atoms with E-state index in [2.05, 4.69) is 19.2 Å². The van der Waals surface area contributed by atoms with Crippen LogP contribution >= 0.6 is 0 Å². The predicted molar refractivity (Wildman–Crippen MR) is 75.5 cm³/mol. The van der Waals surface area contributed by atoms with Crippen LogP contribution in [0.1, 0.15) is 27.2 Å². The van der Waals surface area contributed by atoms with Gasteiger partial charge in [-0.15, -0.1) is 0 Å². The van der Waals surface area contributed by atoms with Gasteiger partial charge < -0.3 is 14.8 Å². The zero-order valence-corrected chi connectivity index (χ0v) is 12.1. The lowest BCUT2D eigenvalue weighted by Crippen LogP contribution is -2.39. The molecule has 1 unspecified atom stereocenters. The standard InChI is InChI=1S/C15H23NO3/c1-5-14(15(17)16-10-11(2)3)19-13-8-6-12(18-4)7-9-13/h6-9,11,14H,5,10H2,1-4H3,(H,16,17). The van der Waals surface area contributed by atoms with Gasteiger partial charge in [-0.1, -0.05) is 20.8 Å². The average Bonchev–Trinajstić information content (AvgIpc) is 2.42. The molecule has 1 rings (SSSR count). The van der Waals surface area contributed by atoms with Gasteiger partial charge in [-0.2, -0.15) is 0 Å². The van der Waals surface area contributed by atoms with Crippen molar-refractivity contribution in [2.75, 3.05) is 13.7 Å². The van der Waals surface area contributed by atoms with E-state index >= 15 is 0 Å². The Hall–Kier alpha value is -1.71. The molecule has 0 aliphatic carbocycles. The summed E-state index contributed by atoms with van der Waals surface area (Å²) in [6.07, 6.45) is 0.183. The quantitative estimate of drug-likeness (QED) is 0.824. The molecule has 0 bridgehead atoms. The first kappa shape index (κ1) is 15.3. The van der Waals surface area contributed by atoms with Crippen LogP contribution in [0.5, 0.6) is 11.5 Å². The smallest absolute Gasteiger partial charge is 0.261 e. The maximum Gasteiger partial charge on any atom is 0.261 e. The van der Waals surface area contributed by atoms with Gasteiger partial charge in [0.2, 0.25) is 0 Å². The number of amides is 1. The van der Waals surface area contributed by atoms with Gasteiger partial charge in [0.1, 0.15) is 11.5 Å². The summed E-state index contributed by atoms with van der Waals surface area (Å²) in [5.41, 5.74) is 0. The fourth-order valence-electron chi connectivity index (χ4n) is 1.56. The van der Waals surface area contributed by atoms with Gasteiger partial charge in [0.05, 0.1) is 7.11 Å². The number of benzene rings is 1. The number of hydrogen-bond acceptors (Lipinski definition) is 3. The third kappa shape index (κ3) is 5.20. The third-order valence-corrected chi connectivity index (χ3v) is 2.69. The molecule has 0 spiro atoms. The Balaban J connectivity index is 2.57. The lowest BCUT2D eigenvalue weighted by molar-refractivity contribution is -0.128. The van der Waals surface area contributed by atoms with E-state index < -0.39 is 6.10 Å². The number of rotatable bonds is 7. The molecule has 0 aromatic heterocycles. The molecular weight excluding hydrogens is 242 g/mol. The zero-order chi connectivity index (χ0) is 14.3. The Morgan fingerprint density at radius 1 is 1.21 bits per heavy atom. The highest BCUT2D eigenvalue weighted by Gasteiger charge is 2.18. The Bertz CT molecular complexity index is 387. The van der Waals surface area contributed by atoms with Gasteiger partial charge in [-0.05, 0) is 36.6 Å². The van der Waals surface area contributed by atoms with E-state index in [9.17, 15) is 4.79 Å². The molecule has 0 heterocycles. The van der Waals surface area contributed by atoms with Crippen LogP contribution in [0.15, 0.2) is 24.3 Å². The fraction of sp³-hybridized carbons (Fsp3) is 0.533. The first-order valence-electron chi connectivity index (χ1n) is 6.65. The van der Waals surface area contributed by atoms with Crippen LogP contribution in [0, 0.1) is 5.92 Å². The maximum atomic E-state index is 11.9. The molecule has 1 aromatic rings. The van der Waals surface area contributed by atoms with Gasteiger partial charge in [-0.3, -0.25) is 4.79 Å². The molecule has 0 aliphatic rings. The summed E-state index contributed by atoms with van der Waals surface area (Å²) in [7, 11) is 1.62. The first-order valence-corrected chi connectivity index (χ1v) is 6.65. The minimum absolute atomic E-state index is 0.0629. The number of methoxy groups -OCH3 is 1. The molecule has 0 aliphatic heterocycles. The van der Waals surface area contributed by atoms with Crippen LogP contribution in [0.3, 0.4) is 0 Å². The lowest BCUT2D eigenvalue weighted by atomic mass is 10.2. The van der Waals surface area contributed by atoms with E-state index in [0.717, 1.165) is 5.75 Å². The summed E-state index contributed by atoms with van der Waals surface area (Å²) in [6.45, 7) is 6.72. The molecule has 19 heavy (non-hydrogen) atoms. The van der Waals surface area contributed by atoms with E-state index in [4.69, 9.17) is 9.47 Å². The molecule has 1 atom stereocenters. The van der Waals surface area contributed by atoms with Crippen molar-refractivity contribution in [2.24, 2.45) is 5.92 Å². The maximum absolute atomic E-state index is 11.9. The summed E-state index contributed by atoms with van der Waals surface area (Å²) >= 11 is 0. The second kappa shape index (κ2) is 7.67. The molecule has 0 radical (unpaired) electrons. The molecule has 0 saturated heterocycles. The van der Waals surface area contributed by atoms with E-state index in [1.165, 1.54) is 0 Å². The highest BCUT2D eigenvalue weighted by molar-refractivity contribution is 5.81. The summed E-state index contributed by atoms with van der Waals surface area (Å²) in [6, 6.07) is 7.23. The predicted octanol–water partition coefficient (Wildman–Crippen LogP) is 2.62. The molecule has 1 aromatic carbocycles. The SMILES string of the molecule is CCC(Oc1ccc(OC)cc1)C(=O)NCC(C)C. The van der Waals surface area contributed by atoms with Gasteiger partial charge in [0.15, 0.2) is 6.10 Å². The van der Waals surface area contributed by atoms with Crippen LogP contribution in [-0.2, 0) is 4.79 Å². The fourth-order valence-corrected chi connectivity index (χ4v) is 1.56. The number of carbonyl (C=O) groups is 1. The van der Waals surface area contributed by atoms with Crippen molar-refractivity contribution in [3.63, 3.8) is 0 Å². The van der Waals surface area contributed by atoms with E-state index in [1.807, 2.05) is 19.1 Å². The second-order valence-electron chi connectivity index (χ2n) is 4.83. The van der Waals surface area contributed by atoms with Crippen LogP contribution in [0.4, 0.5) is 0 Å². The van der Waals surface area contributed by atoms with Crippen LogP contribution < -0.4 is 14.8 Å². The Labute approximate surface area is 115 Å². The van der Waals surface area contributed by atoms with Gasteiger partial charge >= 0.3 is 0 Å². The Morgan fingerprint density at radius 3 is 2.26 bits per heavy atom. The number of ether oxygens (including phenoxy) is 2. The van der Waals surface area contributed by atoms with Gasteiger partial charge in [-0.25, -0.2) is 0 Å². The molecule has 0 saturated carbocycles. The third-order valence-electron chi connectivity index (χ3n) is 2.69. The molecule has 1 N–H and O–H groups in total. The zero-order valence-electron chi connectivity index (χ0n) is 12.1. The average molecular weight is 265 g/mol. The van der Waals surface area contributed by atoms with Crippen LogP contribution in [0.2, 0.25) is 0 Å². The minimum Gasteiger partial charge on any atom is -0.497 e. The normalized spacial score (nSPS) is 12.1. The van der Waals surface area contributed by atoms with Crippen molar-refractivity contribution in [1.82, 2.24) is 5.32 Å².